The van der Waals surface area contributed by atoms with Crippen LogP contribution in [0.15, 0.2) is 53.3 Å². The second-order valence-electron chi connectivity index (χ2n) is 14.8. The Labute approximate surface area is 248 Å². The molecule has 0 unspecified atom stereocenters. The van der Waals surface area contributed by atoms with Crippen molar-refractivity contribution in [2.75, 3.05) is 5.73 Å². The standard InChI is InChI=1S/C35H43N6O/c1-20-21-18-37-19-26(31(21)42-32(20)35(8,9)10)41-25-15-27(33(2,3)4)38-30(25)24(17-29(41)36)40-14-12-13-22-23(40)16-28(39(22)11)34(5,6)7/h12-19H,1-11H3,(H2,36,38)/q+1/p+1. The van der Waals surface area contributed by atoms with Crippen LogP contribution in [0.25, 0.3) is 44.4 Å². The van der Waals surface area contributed by atoms with Gasteiger partial charge in [-0.1, -0.05) is 62.3 Å². The zero-order valence-electron chi connectivity index (χ0n) is 26.9. The van der Waals surface area contributed by atoms with Gasteiger partial charge < -0.3 is 14.0 Å². The Morgan fingerprint density at radius 1 is 0.881 bits per heavy atom. The number of nitrogens with one attached hydrogen (secondary N) is 1. The van der Waals surface area contributed by atoms with Gasteiger partial charge >= 0.3 is 0 Å². The maximum atomic E-state index is 7.01. The number of hydrogen-bond donors (Lipinski definition) is 2. The summed E-state index contributed by atoms with van der Waals surface area (Å²) >= 11 is 0. The Hall–Kier alpha value is -4.13. The van der Waals surface area contributed by atoms with Crippen LogP contribution in [-0.4, -0.2) is 14.5 Å². The molecule has 0 bridgehead atoms. The first kappa shape index (κ1) is 28.0. The minimum absolute atomic E-state index is 0.00422. The molecular weight excluding hydrogens is 520 g/mol. The molecule has 6 aromatic heterocycles. The van der Waals surface area contributed by atoms with Crippen LogP contribution in [0.1, 0.15) is 85.0 Å². The van der Waals surface area contributed by atoms with Crippen LogP contribution in [0.3, 0.4) is 0 Å². The molecule has 0 atom stereocenters. The van der Waals surface area contributed by atoms with Gasteiger partial charge in [-0.3, -0.25) is 10.7 Å². The maximum absolute atomic E-state index is 7.01. The molecule has 218 valence electrons. The van der Waals surface area contributed by atoms with Gasteiger partial charge in [-0.25, -0.2) is 0 Å². The minimum Gasteiger partial charge on any atom is -0.456 e. The van der Waals surface area contributed by atoms with Crippen molar-refractivity contribution in [1.82, 2.24) is 14.5 Å². The zero-order chi connectivity index (χ0) is 30.5. The van der Waals surface area contributed by atoms with E-state index in [1.54, 1.807) is 0 Å². The van der Waals surface area contributed by atoms with Gasteiger partial charge in [0.15, 0.2) is 28.5 Å². The number of aromatic amines is 1. The molecule has 0 radical (unpaired) electrons. The number of nitrogen functional groups attached to an aromatic ring is 1. The van der Waals surface area contributed by atoms with E-state index in [-0.39, 0.29) is 16.2 Å². The number of aromatic nitrogens is 5. The van der Waals surface area contributed by atoms with Gasteiger partial charge in [-0.15, -0.1) is 0 Å². The van der Waals surface area contributed by atoms with Gasteiger partial charge in [0.25, 0.3) is 5.82 Å². The van der Waals surface area contributed by atoms with Gasteiger partial charge in [0.1, 0.15) is 17.3 Å². The summed E-state index contributed by atoms with van der Waals surface area (Å²) in [6, 6.07) is 10.9. The number of nitrogens with two attached hydrogens (primary N) is 1. The van der Waals surface area contributed by atoms with Crippen molar-refractivity contribution < 1.29 is 13.6 Å². The van der Waals surface area contributed by atoms with E-state index in [0.29, 0.717) is 5.82 Å². The van der Waals surface area contributed by atoms with Gasteiger partial charge in [-0.2, -0.15) is 9.13 Å². The van der Waals surface area contributed by atoms with Crippen LogP contribution in [0.5, 0.6) is 0 Å². The van der Waals surface area contributed by atoms with Crippen LogP contribution in [0, 0.1) is 6.92 Å². The Morgan fingerprint density at radius 3 is 2.24 bits per heavy atom. The molecule has 6 rings (SSSR count). The summed E-state index contributed by atoms with van der Waals surface area (Å²) in [6.45, 7) is 22.1. The van der Waals surface area contributed by atoms with Gasteiger partial charge in [0, 0.05) is 70.0 Å². The molecule has 7 heteroatoms. The number of H-pyrrole nitrogens is 1. The molecule has 0 fully saturated rings. The van der Waals surface area contributed by atoms with Crippen molar-refractivity contribution in [3.05, 3.63) is 71.6 Å². The molecule has 0 saturated heterocycles. The lowest BCUT2D eigenvalue weighted by Gasteiger charge is -2.19. The fourth-order valence-electron chi connectivity index (χ4n) is 6.30. The summed E-state index contributed by atoms with van der Waals surface area (Å²) in [7, 11) is 2.15. The second kappa shape index (κ2) is 8.93. The van der Waals surface area contributed by atoms with Crippen molar-refractivity contribution in [3.8, 4) is 11.4 Å². The van der Waals surface area contributed by atoms with Crippen LogP contribution in [0.2, 0.25) is 0 Å². The molecule has 0 aliphatic carbocycles. The third-order valence-electron chi connectivity index (χ3n) is 8.43. The number of fused-ring (bicyclic) bond motifs is 3. The van der Waals surface area contributed by atoms with Crippen LogP contribution < -0.4 is 14.9 Å². The summed E-state index contributed by atoms with van der Waals surface area (Å²) < 4.78 is 13.2. The predicted molar refractivity (Wildman–Crippen MR) is 171 cm³/mol. The van der Waals surface area contributed by atoms with E-state index >= 15 is 0 Å². The fraction of sp³-hybridized carbons (Fsp3) is 0.400. The molecule has 0 aliphatic rings. The number of aryl methyl sites for hydroxylation is 2. The predicted octanol–water partition coefficient (Wildman–Crippen LogP) is 7.14. The molecule has 0 aromatic carbocycles. The highest BCUT2D eigenvalue weighted by molar-refractivity contribution is 5.89. The lowest BCUT2D eigenvalue weighted by molar-refractivity contribution is -0.572. The van der Waals surface area contributed by atoms with Gasteiger partial charge in [0.2, 0.25) is 11.2 Å². The zero-order valence-corrected chi connectivity index (χ0v) is 26.9. The molecule has 0 aliphatic heterocycles. The topological polar surface area (TPSA) is 80.5 Å². The highest BCUT2D eigenvalue weighted by atomic mass is 16.3. The van der Waals surface area contributed by atoms with Crippen LogP contribution in [-0.2, 0) is 23.3 Å². The molecule has 0 saturated carbocycles. The third-order valence-corrected chi connectivity index (χ3v) is 8.43. The number of hydrogen-bond acceptors (Lipinski definition) is 3. The van der Waals surface area contributed by atoms with Crippen molar-refractivity contribution in [2.24, 2.45) is 7.05 Å². The Morgan fingerprint density at radius 2 is 1.60 bits per heavy atom. The van der Waals surface area contributed by atoms with E-state index < -0.39 is 0 Å². The molecule has 7 nitrogen and oxygen atoms in total. The summed E-state index contributed by atoms with van der Waals surface area (Å²) in [6.07, 6.45) is 5.88. The van der Waals surface area contributed by atoms with Crippen LogP contribution >= 0.6 is 0 Å². The smallest absolute Gasteiger partial charge is 0.285 e. The molecule has 6 aromatic rings. The second-order valence-corrected chi connectivity index (χ2v) is 14.8. The average Bonchev–Trinajstić information content (AvgIpc) is 3.57. The Kier molecular flexibility index (Phi) is 5.96. The lowest BCUT2D eigenvalue weighted by atomic mass is 9.90. The molecule has 42 heavy (non-hydrogen) atoms. The van der Waals surface area contributed by atoms with E-state index in [1.165, 1.54) is 11.2 Å². The number of pyridine rings is 3. The first-order valence-corrected chi connectivity index (χ1v) is 14.7. The third kappa shape index (κ3) is 4.20. The van der Waals surface area contributed by atoms with Gasteiger partial charge in [0.05, 0.1) is 6.20 Å². The monoisotopic (exact) mass is 564 g/mol. The number of nitrogens with zero attached hydrogens (tertiary/aromatic N) is 4. The quantitative estimate of drug-likeness (QED) is 0.219. The maximum Gasteiger partial charge on any atom is 0.285 e. The fourth-order valence-corrected chi connectivity index (χ4v) is 6.30. The molecular formula is C35H44N6O+2. The first-order chi connectivity index (χ1) is 19.5. The highest BCUT2D eigenvalue weighted by Crippen LogP contribution is 2.36. The van der Waals surface area contributed by atoms with Crippen LogP contribution in [0.4, 0.5) is 5.82 Å². The Bertz CT molecular complexity index is 2020. The van der Waals surface area contributed by atoms with E-state index in [1.807, 2.05) is 12.4 Å². The van der Waals surface area contributed by atoms with Gasteiger partial charge in [-0.05, 0) is 13.0 Å². The highest BCUT2D eigenvalue weighted by Gasteiger charge is 2.32. The minimum atomic E-state index is -0.139. The first-order valence-electron chi connectivity index (χ1n) is 14.7. The molecule has 3 N–H and O–H groups in total. The normalized spacial score (nSPS) is 13.2. The van der Waals surface area contributed by atoms with E-state index in [9.17, 15) is 0 Å². The Balaban J connectivity index is 1.71. The van der Waals surface area contributed by atoms with Crippen molar-refractivity contribution >= 4 is 38.9 Å². The SMILES string of the molecule is Cc1c(C(C)(C)C)oc2c(-[n+]3c(N)cc(-[n+]4cccc5c4cc(C(C)(C)C)n5C)c4[nH]c(C(C)(C)C)cc43)cncc12. The van der Waals surface area contributed by atoms with E-state index in [2.05, 4.69) is 136 Å². The lowest BCUT2D eigenvalue weighted by Crippen LogP contribution is -2.39. The average molecular weight is 565 g/mol. The number of furan rings is 1. The van der Waals surface area contributed by atoms with E-state index in [4.69, 9.17) is 10.2 Å². The largest absolute Gasteiger partial charge is 0.456 e. The number of rotatable bonds is 2. The molecule has 6 heterocycles. The number of anilines is 1. The van der Waals surface area contributed by atoms with Crippen molar-refractivity contribution in [1.29, 1.82) is 0 Å². The van der Waals surface area contributed by atoms with Crippen molar-refractivity contribution in [3.63, 3.8) is 0 Å². The summed E-state index contributed by atoms with van der Waals surface area (Å²) in [5.41, 5.74) is 17.2. The molecule has 0 spiro atoms. The van der Waals surface area contributed by atoms with E-state index in [0.717, 1.165) is 55.9 Å². The molecule has 0 amide bonds. The van der Waals surface area contributed by atoms with Crippen molar-refractivity contribution in [2.45, 2.75) is 85.5 Å². The summed E-state index contributed by atoms with van der Waals surface area (Å²) in [5, 5.41) is 1.01. The summed E-state index contributed by atoms with van der Waals surface area (Å²) in [4.78, 5) is 8.44. The summed E-state index contributed by atoms with van der Waals surface area (Å²) in [5.74, 6) is 1.57.